The number of carboxylic acids is 1. The van der Waals surface area contributed by atoms with E-state index < -0.39 is 27.9 Å². The van der Waals surface area contributed by atoms with Crippen LogP contribution in [-0.2, 0) is 19.6 Å². The van der Waals surface area contributed by atoms with Gasteiger partial charge in [-0.1, -0.05) is 30.3 Å². The van der Waals surface area contributed by atoms with E-state index in [1.807, 2.05) is 24.3 Å². The van der Waals surface area contributed by atoms with Crippen LogP contribution < -0.4 is 0 Å². The number of rotatable bonds is 3. The molecule has 136 valence electrons. The summed E-state index contributed by atoms with van der Waals surface area (Å²) >= 11 is 0. The summed E-state index contributed by atoms with van der Waals surface area (Å²) in [6.07, 6.45) is 0.849. The van der Waals surface area contributed by atoms with Gasteiger partial charge in [0.15, 0.2) is 0 Å². The predicted octanol–water partition coefficient (Wildman–Crippen LogP) is 1.29. The highest BCUT2D eigenvalue weighted by Gasteiger charge is 2.47. The van der Waals surface area contributed by atoms with Crippen molar-refractivity contribution in [2.24, 2.45) is 0 Å². The van der Waals surface area contributed by atoms with Crippen LogP contribution in [0.15, 0.2) is 47.4 Å². The standard InChI is InChI=1S/C18H18N2O5S/c21-17-11-19(10-14-6-8-16(18(22)23)20(14)17)26(24,25)15-7-5-12-3-1-2-4-13(12)9-15/h1-5,7,9,14,16H,6,8,10-11H2,(H,22,23). The summed E-state index contributed by atoms with van der Waals surface area (Å²) in [5, 5.41) is 11.0. The van der Waals surface area contributed by atoms with Crippen molar-refractivity contribution in [3.63, 3.8) is 0 Å². The third-order valence-electron chi connectivity index (χ3n) is 5.16. The number of carbonyl (C=O) groups is 2. The van der Waals surface area contributed by atoms with Gasteiger partial charge < -0.3 is 10.0 Å². The Morgan fingerprint density at radius 1 is 1.08 bits per heavy atom. The minimum atomic E-state index is -3.82. The van der Waals surface area contributed by atoms with E-state index >= 15 is 0 Å². The van der Waals surface area contributed by atoms with Crippen LogP contribution in [0.4, 0.5) is 0 Å². The van der Waals surface area contributed by atoms with Gasteiger partial charge in [-0.25, -0.2) is 13.2 Å². The fourth-order valence-electron chi connectivity index (χ4n) is 3.87. The number of carboxylic acid groups (broad SMARTS) is 1. The minimum absolute atomic E-state index is 0.130. The van der Waals surface area contributed by atoms with Gasteiger partial charge in [0.05, 0.1) is 11.4 Å². The summed E-state index contributed by atoms with van der Waals surface area (Å²) in [5.41, 5.74) is 0. The van der Waals surface area contributed by atoms with Gasteiger partial charge in [0, 0.05) is 12.6 Å². The number of hydrogen-bond acceptors (Lipinski definition) is 4. The lowest BCUT2D eigenvalue weighted by Gasteiger charge is -2.38. The van der Waals surface area contributed by atoms with Crippen LogP contribution in [0.3, 0.4) is 0 Å². The zero-order valence-electron chi connectivity index (χ0n) is 13.9. The molecule has 2 saturated heterocycles. The molecule has 0 aromatic heterocycles. The van der Waals surface area contributed by atoms with Crippen molar-refractivity contribution in [3.05, 3.63) is 42.5 Å². The first-order chi connectivity index (χ1) is 12.4. The van der Waals surface area contributed by atoms with E-state index in [0.717, 1.165) is 10.8 Å². The summed E-state index contributed by atoms with van der Waals surface area (Å²) in [7, 11) is -3.82. The molecule has 2 unspecified atom stereocenters. The maximum absolute atomic E-state index is 13.0. The van der Waals surface area contributed by atoms with Gasteiger partial charge in [0.1, 0.15) is 6.04 Å². The van der Waals surface area contributed by atoms with E-state index in [0.29, 0.717) is 12.8 Å². The number of amides is 1. The van der Waals surface area contributed by atoms with Crippen molar-refractivity contribution in [1.29, 1.82) is 0 Å². The molecule has 2 aliphatic rings. The molecular weight excluding hydrogens is 356 g/mol. The number of aliphatic carboxylic acids is 1. The van der Waals surface area contributed by atoms with E-state index in [9.17, 15) is 23.1 Å². The first-order valence-electron chi connectivity index (χ1n) is 8.41. The molecule has 2 fully saturated rings. The topological polar surface area (TPSA) is 95.0 Å². The second-order valence-corrected chi connectivity index (χ2v) is 8.63. The molecule has 8 heteroatoms. The molecule has 2 aliphatic heterocycles. The molecular formula is C18H18N2O5S. The summed E-state index contributed by atoms with van der Waals surface area (Å²) in [6, 6.07) is 11.1. The van der Waals surface area contributed by atoms with Gasteiger partial charge in [-0.05, 0) is 35.7 Å². The summed E-state index contributed by atoms with van der Waals surface area (Å²) in [5.74, 6) is -1.48. The molecule has 1 amide bonds. The van der Waals surface area contributed by atoms with Gasteiger partial charge >= 0.3 is 5.97 Å². The third-order valence-corrected chi connectivity index (χ3v) is 6.97. The number of hydrogen-bond donors (Lipinski definition) is 1. The zero-order valence-corrected chi connectivity index (χ0v) is 14.7. The van der Waals surface area contributed by atoms with Crippen LogP contribution in [-0.4, -0.2) is 59.8 Å². The normalized spacial score (nSPS) is 24.0. The average molecular weight is 374 g/mol. The van der Waals surface area contributed by atoms with E-state index in [4.69, 9.17) is 0 Å². The Hall–Kier alpha value is -2.45. The van der Waals surface area contributed by atoms with Crippen molar-refractivity contribution >= 4 is 32.7 Å². The number of fused-ring (bicyclic) bond motifs is 2. The molecule has 0 aliphatic carbocycles. The molecule has 2 aromatic carbocycles. The lowest BCUT2D eigenvalue weighted by Crippen LogP contribution is -2.58. The molecule has 2 heterocycles. The second-order valence-electron chi connectivity index (χ2n) is 6.69. The second kappa shape index (κ2) is 6.07. The van der Waals surface area contributed by atoms with Gasteiger partial charge in [-0.3, -0.25) is 4.79 Å². The molecule has 0 bridgehead atoms. The fourth-order valence-corrected chi connectivity index (χ4v) is 5.34. The Bertz CT molecular complexity index is 1000. The van der Waals surface area contributed by atoms with Crippen LogP contribution in [0.25, 0.3) is 10.8 Å². The number of piperazine rings is 1. The molecule has 0 spiro atoms. The van der Waals surface area contributed by atoms with Gasteiger partial charge in [-0.2, -0.15) is 4.31 Å². The van der Waals surface area contributed by atoms with Crippen molar-refractivity contribution in [1.82, 2.24) is 9.21 Å². The molecule has 0 saturated carbocycles. The monoisotopic (exact) mass is 374 g/mol. The van der Waals surface area contributed by atoms with E-state index in [-0.39, 0.29) is 24.0 Å². The lowest BCUT2D eigenvalue weighted by atomic mass is 10.1. The molecule has 26 heavy (non-hydrogen) atoms. The number of nitrogens with zero attached hydrogens (tertiary/aromatic N) is 2. The van der Waals surface area contributed by atoms with Gasteiger partial charge in [0.2, 0.25) is 15.9 Å². The van der Waals surface area contributed by atoms with E-state index in [2.05, 4.69) is 0 Å². The Morgan fingerprint density at radius 3 is 2.54 bits per heavy atom. The third kappa shape index (κ3) is 2.65. The number of carbonyl (C=O) groups excluding carboxylic acids is 1. The minimum Gasteiger partial charge on any atom is -0.480 e. The van der Waals surface area contributed by atoms with Crippen LogP contribution in [0.5, 0.6) is 0 Å². The first kappa shape index (κ1) is 17.0. The Labute approximate surface area is 150 Å². The number of benzene rings is 2. The van der Waals surface area contributed by atoms with Crippen molar-refractivity contribution in [2.45, 2.75) is 29.8 Å². The highest BCUT2D eigenvalue weighted by Crippen LogP contribution is 2.31. The van der Waals surface area contributed by atoms with E-state index in [1.54, 1.807) is 18.2 Å². The first-order valence-corrected chi connectivity index (χ1v) is 9.85. The summed E-state index contributed by atoms with van der Waals surface area (Å²) in [6.45, 7) is -0.194. The van der Waals surface area contributed by atoms with Crippen LogP contribution in [0.2, 0.25) is 0 Å². The number of sulfonamides is 1. The summed E-state index contributed by atoms with van der Waals surface area (Å²) < 4.78 is 27.2. The van der Waals surface area contributed by atoms with Crippen molar-refractivity contribution in [3.8, 4) is 0 Å². The smallest absolute Gasteiger partial charge is 0.326 e. The maximum atomic E-state index is 13.0. The largest absolute Gasteiger partial charge is 0.480 e. The predicted molar refractivity (Wildman–Crippen MR) is 94.0 cm³/mol. The zero-order chi connectivity index (χ0) is 18.5. The molecule has 4 rings (SSSR count). The van der Waals surface area contributed by atoms with Gasteiger partial charge in [-0.15, -0.1) is 0 Å². The highest BCUT2D eigenvalue weighted by atomic mass is 32.2. The Morgan fingerprint density at radius 2 is 1.81 bits per heavy atom. The van der Waals surface area contributed by atoms with Crippen LogP contribution >= 0.6 is 0 Å². The van der Waals surface area contributed by atoms with Gasteiger partial charge in [0.25, 0.3) is 0 Å². The quantitative estimate of drug-likeness (QED) is 0.873. The molecule has 2 aromatic rings. The van der Waals surface area contributed by atoms with E-state index in [1.165, 1.54) is 9.21 Å². The average Bonchev–Trinajstić information content (AvgIpc) is 3.06. The molecule has 7 nitrogen and oxygen atoms in total. The molecule has 0 radical (unpaired) electrons. The van der Waals surface area contributed by atoms with Crippen molar-refractivity contribution < 1.29 is 23.1 Å². The molecule has 1 N–H and O–H groups in total. The molecule has 2 atom stereocenters. The van der Waals surface area contributed by atoms with Crippen LogP contribution in [0, 0.1) is 0 Å². The lowest BCUT2D eigenvalue weighted by molar-refractivity contribution is -0.151. The van der Waals surface area contributed by atoms with Crippen LogP contribution in [0.1, 0.15) is 12.8 Å². The Kier molecular flexibility index (Phi) is 3.96. The SMILES string of the molecule is O=C(O)C1CCC2CN(S(=O)(=O)c3ccc4ccccc4c3)CC(=O)N21. The Balaban J connectivity index is 1.64. The fraction of sp³-hybridized carbons (Fsp3) is 0.333. The summed E-state index contributed by atoms with van der Waals surface area (Å²) in [4.78, 5) is 25.2. The maximum Gasteiger partial charge on any atom is 0.326 e. The van der Waals surface area contributed by atoms with Crippen molar-refractivity contribution in [2.75, 3.05) is 13.1 Å². The highest BCUT2D eigenvalue weighted by molar-refractivity contribution is 7.89.